The van der Waals surface area contributed by atoms with Gasteiger partial charge in [-0.05, 0) is 0 Å². The highest BCUT2D eigenvalue weighted by Crippen LogP contribution is 2.45. The lowest BCUT2D eigenvalue weighted by molar-refractivity contribution is -0.387. The Morgan fingerprint density at radius 3 is 2.32 bits per heavy atom. The standard InChI is InChI=1S/C13H8ClF3N4O4/c14-12-8(5-18)9(13(15,16)17)11(21(24)25)10(19-12)6-2-1-3-7(4-6)20(22)23/h1-4H,5,18H2. The summed E-state index contributed by atoms with van der Waals surface area (Å²) in [6.45, 7) is -0.725. The fourth-order valence-electron chi connectivity index (χ4n) is 2.22. The molecule has 2 aromatic rings. The molecule has 0 spiro atoms. The molecule has 0 amide bonds. The zero-order valence-electron chi connectivity index (χ0n) is 12.1. The number of hydrogen-bond acceptors (Lipinski definition) is 6. The molecule has 0 saturated heterocycles. The molecule has 0 fully saturated rings. The minimum atomic E-state index is -5.13. The highest BCUT2D eigenvalue weighted by atomic mass is 35.5. The molecule has 0 aliphatic rings. The first-order valence-corrected chi connectivity index (χ1v) is 6.84. The number of halogens is 4. The lowest BCUT2D eigenvalue weighted by Gasteiger charge is -2.15. The maximum atomic E-state index is 13.4. The topological polar surface area (TPSA) is 125 Å². The molecule has 1 heterocycles. The molecular weight excluding hydrogens is 369 g/mol. The van der Waals surface area contributed by atoms with Crippen LogP contribution in [0.2, 0.25) is 5.15 Å². The van der Waals surface area contributed by atoms with Crippen molar-refractivity contribution in [1.82, 2.24) is 4.98 Å². The van der Waals surface area contributed by atoms with E-state index in [2.05, 4.69) is 4.98 Å². The molecule has 2 rings (SSSR count). The Kier molecular flexibility index (Phi) is 4.90. The molecule has 132 valence electrons. The van der Waals surface area contributed by atoms with Crippen LogP contribution in [0.3, 0.4) is 0 Å². The highest BCUT2D eigenvalue weighted by molar-refractivity contribution is 6.30. The van der Waals surface area contributed by atoms with Gasteiger partial charge < -0.3 is 5.73 Å². The van der Waals surface area contributed by atoms with E-state index in [-0.39, 0.29) is 5.56 Å². The number of nitro benzene ring substituents is 1. The van der Waals surface area contributed by atoms with Gasteiger partial charge in [-0.15, -0.1) is 0 Å². The fraction of sp³-hybridized carbons (Fsp3) is 0.154. The average molecular weight is 377 g/mol. The molecule has 25 heavy (non-hydrogen) atoms. The third-order valence-corrected chi connectivity index (χ3v) is 3.54. The first kappa shape index (κ1) is 18.5. The zero-order chi connectivity index (χ0) is 18.9. The maximum Gasteiger partial charge on any atom is 0.423 e. The molecule has 0 atom stereocenters. The highest BCUT2D eigenvalue weighted by Gasteiger charge is 2.44. The van der Waals surface area contributed by atoms with Gasteiger partial charge in [0.1, 0.15) is 10.7 Å². The van der Waals surface area contributed by atoms with Gasteiger partial charge >= 0.3 is 11.9 Å². The van der Waals surface area contributed by atoms with Crippen LogP contribution in [0.15, 0.2) is 24.3 Å². The number of non-ortho nitro benzene ring substituents is 1. The molecule has 1 aromatic carbocycles. The van der Waals surface area contributed by atoms with E-state index in [0.29, 0.717) is 0 Å². The molecule has 0 aliphatic heterocycles. The van der Waals surface area contributed by atoms with Gasteiger partial charge in [-0.3, -0.25) is 20.2 Å². The minimum Gasteiger partial charge on any atom is -0.326 e. The Labute approximate surface area is 142 Å². The van der Waals surface area contributed by atoms with Crippen molar-refractivity contribution < 1.29 is 23.0 Å². The Hall–Kier alpha value is -2.79. The molecule has 12 heteroatoms. The monoisotopic (exact) mass is 376 g/mol. The molecule has 1 aromatic heterocycles. The second-order valence-electron chi connectivity index (χ2n) is 4.72. The average Bonchev–Trinajstić information content (AvgIpc) is 2.52. The van der Waals surface area contributed by atoms with Crippen LogP contribution in [-0.2, 0) is 12.7 Å². The summed E-state index contributed by atoms with van der Waals surface area (Å²) in [5.74, 6) is 0. The number of rotatable bonds is 4. The summed E-state index contributed by atoms with van der Waals surface area (Å²) in [6, 6.07) is 4.27. The predicted molar refractivity (Wildman–Crippen MR) is 80.9 cm³/mol. The van der Waals surface area contributed by atoms with Crippen LogP contribution in [-0.4, -0.2) is 14.8 Å². The van der Waals surface area contributed by atoms with Gasteiger partial charge in [-0.1, -0.05) is 23.7 Å². The van der Waals surface area contributed by atoms with E-state index in [9.17, 15) is 33.4 Å². The number of nitro groups is 2. The van der Waals surface area contributed by atoms with E-state index in [0.717, 1.165) is 24.3 Å². The van der Waals surface area contributed by atoms with Gasteiger partial charge in [0.15, 0.2) is 5.69 Å². The van der Waals surface area contributed by atoms with E-state index >= 15 is 0 Å². The first-order valence-electron chi connectivity index (χ1n) is 6.46. The summed E-state index contributed by atoms with van der Waals surface area (Å²) in [7, 11) is 0. The van der Waals surface area contributed by atoms with E-state index < -0.39 is 55.9 Å². The molecular formula is C13H8ClF3N4O4. The number of pyridine rings is 1. The van der Waals surface area contributed by atoms with E-state index in [4.69, 9.17) is 17.3 Å². The Morgan fingerprint density at radius 1 is 1.20 bits per heavy atom. The number of benzene rings is 1. The Balaban J connectivity index is 2.92. The van der Waals surface area contributed by atoms with Crippen molar-refractivity contribution in [2.24, 2.45) is 5.73 Å². The lowest BCUT2D eigenvalue weighted by Crippen LogP contribution is -2.17. The van der Waals surface area contributed by atoms with Gasteiger partial charge in [0.05, 0.1) is 9.85 Å². The summed E-state index contributed by atoms with van der Waals surface area (Å²) >= 11 is 5.72. The zero-order valence-corrected chi connectivity index (χ0v) is 12.8. The van der Waals surface area contributed by atoms with Crippen molar-refractivity contribution in [3.8, 4) is 11.3 Å². The van der Waals surface area contributed by atoms with E-state index in [1.54, 1.807) is 0 Å². The SMILES string of the molecule is NCc1c(Cl)nc(-c2cccc([N+](=O)[O-])c2)c([N+](=O)[O-])c1C(F)(F)F. The molecule has 0 unspecified atom stereocenters. The van der Waals surface area contributed by atoms with Crippen LogP contribution >= 0.6 is 11.6 Å². The van der Waals surface area contributed by atoms with Crippen molar-refractivity contribution in [3.63, 3.8) is 0 Å². The van der Waals surface area contributed by atoms with Gasteiger partial charge in [0.25, 0.3) is 5.69 Å². The van der Waals surface area contributed by atoms with Crippen molar-refractivity contribution in [2.45, 2.75) is 12.7 Å². The third-order valence-electron chi connectivity index (χ3n) is 3.22. The summed E-state index contributed by atoms with van der Waals surface area (Å²) in [5, 5.41) is 21.5. The molecule has 0 aliphatic carbocycles. The summed E-state index contributed by atoms with van der Waals surface area (Å²) in [4.78, 5) is 23.7. The summed E-state index contributed by atoms with van der Waals surface area (Å²) in [6.07, 6.45) is -5.13. The van der Waals surface area contributed by atoms with Crippen LogP contribution in [0.1, 0.15) is 11.1 Å². The van der Waals surface area contributed by atoms with Crippen molar-refractivity contribution >= 4 is 23.0 Å². The van der Waals surface area contributed by atoms with Crippen LogP contribution in [0.4, 0.5) is 24.5 Å². The van der Waals surface area contributed by atoms with Crippen LogP contribution in [0.5, 0.6) is 0 Å². The maximum absolute atomic E-state index is 13.4. The van der Waals surface area contributed by atoms with Gasteiger partial charge in [0, 0.05) is 29.8 Å². The molecule has 0 bridgehead atoms. The summed E-state index contributed by atoms with van der Waals surface area (Å²) in [5.41, 5.74) is 0.0628. The van der Waals surface area contributed by atoms with Crippen LogP contribution in [0, 0.1) is 20.2 Å². The Morgan fingerprint density at radius 2 is 1.84 bits per heavy atom. The smallest absolute Gasteiger partial charge is 0.326 e. The third kappa shape index (κ3) is 3.51. The molecule has 8 nitrogen and oxygen atoms in total. The molecule has 0 radical (unpaired) electrons. The van der Waals surface area contributed by atoms with Crippen molar-refractivity contribution in [2.75, 3.05) is 0 Å². The van der Waals surface area contributed by atoms with Crippen molar-refractivity contribution in [1.29, 1.82) is 0 Å². The Bertz CT molecular complexity index is 873. The molecule has 2 N–H and O–H groups in total. The molecule has 0 saturated carbocycles. The van der Waals surface area contributed by atoms with E-state index in [1.807, 2.05) is 0 Å². The quantitative estimate of drug-likeness (QED) is 0.492. The first-order chi connectivity index (χ1) is 11.6. The summed E-state index contributed by atoms with van der Waals surface area (Å²) < 4.78 is 40.2. The van der Waals surface area contributed by atoms with Crippen LogP contribution < -0.4 is 5.73 Å². The van der Waals surface area contributed by atoms with Crippen molar-refractivity contribution in [3.05, 3.63) is 60.8 Å². The largest absolute Gasteiger partial charge is 0.423 e. The fourth-order valence-corrected chi connectivity index (χ4v) is 2.48. The van der Waals surface area contributed by atoms with Crippen LogP contribution in [0.25, 0.3) is 11.3 Å². The number of hydrogen-bond donors (Lipinski definition) is 1. The normalized spacial score (nSPS) is 11.4. The van der Waals surface area contributed by atoms with Gasteiger partial charge in [-0.2, -0.15) is 13.2 Å². The van der Waals surface area contributed by atoms with E-state index in [1.165, 1.54) is 0 Å². The predicted octanol–water partition coefficient (Wildman–Crippen LogP) is 3.70. The van der Waals surface area contributed by atoms with Gasteiger partial charge in [0.2, 0.25) is 0 Å². The number of alkyl halides is 3. The number of nitrogens with two attached hydrogens (primary N) is 1. The number of nitrogens with zero attached hydrogens (tertiary/aromatic N) is 3. The second kappa shape index (κ2) is 6.61. The number of aromatic nitrogens is 1. The minimum absolute atomic E-state index is 0.253. The second-order valence-corrected chi connectivity index (χ2v) is 5.08. The lowest BCUT2D eigenvalue weighted by atomic mass is 10.0. The van der Waals surface area contributed by atoms with Gasteiger partial charge in [-0.25, -0.2) is 4.98 Å².